The molecule has 2 bridgehead atoms. The van der Waals surface area contributed by atoms with Crippen LogP contribution in [0.15, 0.2) is 24.3 Å². The van der Waals surface area contributed by atoms with Crippen LogP contribution < -0.4 is 5.32 Å². The normalized spacial score (nSPS) is 37.0. The van der Waals surface area contributed by atoms with E-state index in [0.29, 0.717) is 23.9 Å². The van der Waals surface area contributed by atoms with Crippen molar-refractivity contribution in [2.45, 2.75) is 37.8 Å². The minimum Gasteiger partial charge on any atom is -0.483 e. The molecular weight excluding hydrogens is 273 g/mol. The maximum atomic E-state index is 13.1. The largest absolute Gasteiger partial charge is 0.483 e. The third kappa shape index (κ3) is 2.45. The van der Waals surface area contributed by atoms with Crippen molar-refractivity contribution in [2.24, 2.45) is 11.8 Å². The summed E-state index contributed by atoms with van der Waals surface area (Å²) in [6, 6.07) is 7.50. The second kappa shape index (κ2) is 6.12. The van der Waals surface area contributed by atoms with Crippen LogP contribution in [0.25, 0.3) is 0 Å². The van der Waals surface area contributed by atoms with Crippen molar-refractivity contribution in [3.05, 3.63) is 35.6 Å². The number of aliphatic hydroxyl groups excluding tert-OH is 1. The summed E-state index contributed by atoms with van der Waals surface area (Å²) in [5.74, 6) is 0.693. The van der Waals surface area contributed by atoms with Crippen LogP contribution in [0.2, 0.25) is 0 Å². The summed E-state index contributed by atoms with van der Waals surface area (Å²) in [7, 11) is 0. The zero-order valence-corrected chi connectivity index (χ0v) is 12.3. The van der Waals surface area contributed by atoms with Gasteiger partial charge in [-0.1, -0.05) is 12.1 Å². The SMILES string of the molecule is CC1NC(C)C2CC1C2(CO)c1ccc(F)cc1.O=CO. The van der Waals surface area contributed by atoms with E-state index in [-0.39, 0.29) is 24.3 Å². The van der Waals surface area contributed by atoms with Crippen molar-refractivity contribution in [3.8, 4) is 0 Å². The summed E-state index contributed by atoms with van der Waals surface area (Å²) in [6.07, 6.45) is 1.16. The van der Waals surface area contributed by atoms with E-state index in [9.17, 15) is 9.50 Å². The molecule has 0 radical (unpaired) electrons. The van der Waals surface area contributed by atoms with Gasteiger partial charge in [-0.05, 0) is 49.8 Å². The van der Waals surface area contributed by atoms with Gasteiger partial charge in [0.25, 0.3) is 6.47 Å². The first-order valence-electron chi connectivity index (χ1n) is 7.22. The van der Waals surface area contributed by atoms with Crippen molar-refractivity contribution in [1.82, 2.24) is 5.32 Å². The van der Waals surface area contributed by atoms with Gasteiger partial charge in [-0.15, -0.1) is 0 Å². The Balaban J connectivity index is 0.000000497. The summed E-state index contributed by atoms with van der Waals surface area (Å²) in [5.41, 5.74) is 0.922. The maximum Gasteiger partial charge on any atom is 0.290 e. The van der Waals surface area contributed by atoms with Gasteiger partial charge in [0.2, 0.25) is 0 Å². The molecule has 5 heteroatoms. The molecule has 2 heterocycles. The van der Waals surface area contributed by atoms with Crippen LogP contribution >= 0.6 is 0 Å². The van der Waals surface area contributed by atoms with E-state index in [1.165, 1.54) is 12.1 Å². The van der Waals surface area contributed by atoms with Gasteiger partial charge < -0.3 is 15.5 Å². The molecular formula is C16H22FNO3. The summed E-state index contributed by atoms with van der Waals surface area (Å²) < 4.78 is 13.1. The van der Waals surface area contributed by atoms with E-state index >= 15 is 0 Å². The van der Waals surface area contributed by atoms with E-state index in [0.717, 1.165) is 12.0 Å². The van der Waals surface area contributed by atoms with Crippen LogP contribution in [0.5, 0.6) is 0 Å². The number of hydrogen-bond donors (Lipinski definition) is 3. The summed E-state index contributed by atoms with van der Waals surface area (Å²) in [6.45, 7) is 4.28. The number of carbonyl (C=O) groups is 1. The highest BCUT2D eigenvalue weighted by atomic mass is 19.1. The number of piperidine rings is 2. The fourth-order valence-electron chi connectivity index (χ4n) is 4.27. The van der Waals surface area contributed by atoms with Gasteiger partial charge in [-0.3, -0.25) is 4.79 Å². The zero-order valence-electron chi connectivity index (χ0n) is 12.3. The Morgan fingerprint density at radius 1 is 1.29 bits per heavy atom. The minimum absolute atomic E-state index is 0.157. The molecule has 4 atom stereocenters. The number of hydrogen-bond acceptors (Lipinski definition) is 3. The van der Waals surface area contributed by atoms with E-state index in [1.54, 1.807) is 0 Å². The number of carboxylic acid groups (broad SMARTS) is 1. The Kier molecular flexibility index (Phi) is 4.64. The molecule has 0 amide bonds. The van der Waals surface area contributed by atoms with Gasteiger partial charge in [0.1, 0.15) is 5.82 Å². The van der Waals surface area contributed by atoms with Crippen molar-refractivity contribution < 1.29 is 19.4 Å². The maximum absolute atomic E-state index is 13.1. The Labute approximate surface area is 124 Å². The second-order valence-corrected chi connectivity index (χ2v) is 6.00. The van der Waals surface area contributed by atoms with E-state index in [1.807, 2.05) is 12.1 Å². The van der Waals surface area contributed by atoms with Crippen molar-refractivity contribution in [3.63, 3.8) is 0 Å². The van der Waals surface area contributed by atoms with Crippen LogP contribution in [-0.4, -0.2) is 35.4 Å². The average Bonchev–Trinajstić information content (AvgIpc) is 2.41. The molecule has 0 spiro atoms. The van der Waals surface area contributed by atoms with Gasteiger partial charge in [0.05, 0.1) is 6.61 Å². The summed E-state index contributed by atoms with van der Waals surface area (Å²) in [5, 5.41) is 20.4. The first-order chi connectivity index (χ1) is 10.0. The topological polar surface area (TPSA) is 69.6 Å². The van der Waals surface area contributed by atoms with Crippen LogP contribution in [-0.2, 0) is 10.2 Å². The average molecular weight is 295 g/mol. The highest BCUT2D eigenvalue weighted by Crippen LogP contribution is 2.58. The van der Waals surface area contributed by atoms with Gasteiger partial charge in [-0.2, -0.15) is 0 Å². The smallest absolute Gasteiger partial charge is 0.290 e. The molecule has 4 nitrogen and oxygen atoms in total. The Hall–Kier alpha value is -1.46. The molecule has 21 heavy (non-hydrogen) atoms. The lowest BCUT2D eigenvalue weighted by Gasteiger charge is -2.64. The number of aliphatic hydroxyl groups is 1. The molecule has 1 aliphatic carbocycles. The van der Waals surface area contributed by atoms with Crippen LogP contribution in [0.3, 0.4) is 0 Å². The predicted octanol–water partition coefficient (Wildman–Crippen LogP) is 1.77. The van der Waals surface area contributed by atoms with Crippen LogP contribution in [0.1, 0.15) is 25.8 Å². The molecule has 0 aromatic heterocycles. The van der Waals surface area contributed by atoms with Gasteiger partial charge >= 0.3 is 0 Å². The molecule has 116 valence electrons. The Morgan fingerprint density at radius 2 is 1.76 bits per heavy atom. The molecule has 3 fully saturated rings. The lowest BCUT2D eigenvalue weighted by molar-refractivity contribution is -0.122. The number of fused-ring (bicyclic) bond motifs is 2. The predicted molar refractivity (Wildman–Crippen MR) is 77.5 cm³/mol. The molecule has 1 aromatic carbocycles. The lowest BCUT2D eigenvalue weighted by atomic mass is 9.44. The number of rotatable bonds is 2. The standard InChI is InChI=1S/C15H20FNO.CH2O2/c1-9-13-7-14(10(2)17-9)15(13,8-18)11-3-5-12(16)6-4-11;2-1-3/h3-6,9-10,13-14,17-18H,7-8H2,1-2H3;1H,(H,2,3). The molecule has 4 unspecified atom stereocenters. The fourth-order valence-corrected chi connectivity index (χ4v) is 4.27. The van der Waals surface area contributed by atoms with Crippen molar-refractivity contribution in [2.75, 3.05) is 6.61 Å². The molecule has 4 rings (SSSR count). The minimum atomic E-state index is -0.250. The van der Waals surface area contributed by atoms with Gasteiger partial charge in [0, 0.05) is 17.5 Å². The van der Waals surface area contributed by atoms with E-state index in [2.05, 4.69) is 19.2 Å². The first kappa shape index (κ1) is 15.9. The molecule has 2 saturated heterocycles. The van der Waals surface area contributed by atoms with E-state index in [4.69, 9.17) is 9.90 Å². The highest BCUT2D eigenvalue weighted by molar-refractivity contribution is 5.35. The third-order valence-corrected chi connectivity index (χ3v) is 5.21. The second-order valence-electron chi connectivity index (χ2n) is 6.00. The molecule has 2 aliphatic heterocycles. The van der Waals surface area contributed by atoms with Gasteiger partial charge in [-0.25, -0.2) is 4.39 Å². The van der Waals surface area contributed by atoms with Crippen LogP contribution in [0.4, 0.5) is 4.39 Å². The Morgan fingerprint density at radius 3 is 2.14 bits per heavy atom. The first-order valence-corrected chi connectivity index (χ1v) is 7.22. The molecule has 3 aliphatic rings. The summed E-state index contributed by atoms with van der Waals surface area (Å²) in [4.78, 5) is 8.36. The van der Waals surface area contributed by atoms with Gasteiger partial charge in [0.15, 0.2) is 0 Å². The monoisotopic (exact) mass is 295 g/mol. The number of nitrogens with one attached hydrogen (secondary N) is 1. The summed E-state index contributed by atoms with van der Waals surface area (Å²) >= 11 is 0. The third-order valence-electron chi connectivity index (χ3n) is 5.21. The molecule has 3 N–H and O–H groups in total. The molecule has 1 saturated carbocycles. The quantitative estimate of drug-likeness (QED) is 0.727. The Bertz CT molecular complexity index is 477. The highest BCUT2D eigenvalue weighted by Gasteiger charge is 2.61. The van der Waals surface area contributed by atoms with Crippen molar-refractivity contribution in [1.29, 1.82) is 0 Å². The number of benzene rings is 1. The van der Waals surface area contributed by atoms with Crippen LogP contribution in [0, 0.1) is 17.7 Å². The van der Waals surface area contributed by atoms with Crippen molar-refractivity contribution >= 4 is 6.47 Å². The fraction of sp³-hybridized carbons (Fsp3) is 0.562. The molecule has 1 aromatic rings. The number of halogens is 1. The van der Waals surface area contributed by atoms with E-state index < -0.39 is 0 Å². The lowest BCUT2D eigenvalue weighted by Crippen LogP contribution is -2.72. The zero-order chi connectivity index (χ0) is 15.6.